The highest BCUT2D eigenvalue weighted by Crippen LogP contribution is 2.47. The molecule has 0 spiro atoms. The minimum absolute atomic E-state index is 0.00884. The molecular formula is C20H14O4. The normalized spacial score (nSPS) is 11.2. The predicted octanol–water partition coefficient (Wildman–Crippen LogP) is 4.48. The van der Waals surface area contributed by atoms with E-state index in [9.17, 15) is 20.4 Å². The second-order valence-corrected chi connectivity index (χ2v) is 5.67. The van der Waals surface area contributed by atoms with Gasteiger partial charge in [0.2, 0.25) is 0 Å². The second kappa shape index (κ2) is 5.06. The lowest BCUT2D eigenvalue weighted by Crippen LogP contribution is -1.86. The lowest BCUT2D eigenvalue weighted by Gasteiger charge is -2.14. The number of phenolic OH excluding ortho intramolecular Hbond substituents is 4. The maximum absolute atomic E-state index is 10.6. The van der Waals surface area contributed by atoms with Gasteiger partial charge >= 0.3 is 0 Å². The zero-order chi connectivity index (χ0) is 16.8. The highest BCUT2D eigenvalue weighted by atomic mass is 16.3. The Morgan fingerprint density at radius 1 is 0.458 bits per heavy atom. The van der Waals surface area contributed by atoms with Crippen LogP contribution in [-0.4, -0.2) is 20.4 Å². The van der Waals surface area contributed by atoms with Crippen molar-refractivity contribution in [3.05, 3.63) is 60.7 Å². The van der Waals surface area contributed by atoms with Crippen LogP contribution in [-0.2, 0) is 0 Å². The van der Waals surface area contributed by atoms with Gasteiger partial charge < -0.3 is 20.4 Å². The summed E-state index contributed by atoms with van der Waals surface area (Å²) in [5.41, 5.74) is 0.509. The highest BCUT2D eigenvalue weighted by Gasteiger charge is 2.18. The number of hydrogen-bond donors (Lipinski definition) is 4. The molecule has 0 aromatic heterocycles. The molecule has 4 aromatic rings. The van der Waals surface area contributed by atoms with Crippen molar-refractivity contribution in [1.29, 1.82) is 0 Å². The first-order chi connectivity index (χ1) is 11.6. The van der Waals surface area contributed by atoms with Gasteiger partial charge in [-0.05, 0) is 12.1 Å². The van der Waals surface area contributed by atoms with E-state index in [4.69, 9.17) is 0 Å². The molecule has 4 heteroatoms. The molecule has 0 amide bonds. The lowest BCUT2D eigenvalue weighted by molar-refractivity contribution is 0.465. The molecule has 0 bridgehead atoms. The molecule has 0 aliphatic rings. The molecule has 0 saturated heterocycles. The van der Waals surface area contributed by atoms with Gasteiger partial charge in [0.05, 0.1) is 0 Å². The Bertz CT molecular complexity index is 1010. The second-order valence-electron chi connectivity index (χ2n) is 5.67. The Morgan fingerprint density at radius 2 is 0.792 bits per heavy atom. The van der Waals surface area contributed by atoms with Crippen LogP contribution in [0.15, 0.2) is 60.7 Å². The van der Waals surface area contributed by atoms with E-state index in [0.29, 0.717) is 21.5 Å². The fraction of sp³-hybridized carbons (Fsp3) is 0. The van der Waals surface area contributed by atoms with Crippen molar-refractivity contribution in [2.24, 2.45) is 0 Å². The Balaban J connectivity index is 2.10. The van der Waals surface area contributed by atoms with E-state index in [-0.39, 0.29) is 34.1 Å². The van der Waals surface area contributed by atoms with Crippen molar-refractivity contribution in [2.45, 2.75) is 0 Å². The number of aromatic hydroxyl groups is 4. The van der Waals surface area contributed by atoms with Gasteiger partial charge in [-0.3, -0.25) is 0 Å². The summed E-state index contributed by atoms with van der Waals surface area (Å²) in [5.74, 6) is -0.141. The van der Waals surface area contributed by atoms with E-state index in [1.807, 2.05) is 0 Å². The maximum Gasteiger partial charge on any atom is 0.131 e. The molecule has 4 nitrogen and oxygen atoms in total. The van der Waals surface area contributed by atoms with Gasteiger partial charge in [-0.25, -0.2) is 0 Å². The summed E-state index contributed by atoms with van der Waals surface area (Å²) in [4.78, 5) is 0. The van der Waals surface area contributed by atoms with Gasteiger partial charge in [0.1, 0.15) is 23.0 Å². The van der Waals surface area contributed by atoms with Crippen molar-refractivity contribution in [1.82, 2.24) is 0 Å². The minimum Gasteiger partial charge on any atom is -0.507 e. The Kier molecular flexibility index (Phi) is 3.00. The minimum atomic E-state index is -0.0617. The lowest BCUT2D eigenvalue weighted by atomic mass is 9.95. The fourth-order valence-corrected chi connectivity index (χ4v) is 3.09. The van der Waals surface area contributed by atoms with Crippen molar-refractivity contribution in [3.8, 4) is 34.1 Å². The fourth-order valence-electron chi connectivity index (χ4n) is 3.09. The van der Waals surface area contributed by atoms with Gasteiger partial charge in [-0.2, -0.15) is 0 Å². The number of phenols is 4. The Morgan fingerprint density at radius 3 is 1.17 bits per heavy atom. The Labute approximate surface area is 137 Å². The Hall–Kier alpha value is -3.40. The van der Waals surface area contributed by atoms with Gasteiger partial charge in [-0.15, -0.1) is 0 Å². The van der Waals surface area contributed by atoms with Gasteiger partial charge in [0.15, 0.2) is 0 Å². The third-order valence-electron chi connectivity index (χ3n) is 4.28. The first kappa shape index (κ1) is 14.2. The summed E-state index contributed by atoms with van der Waals surface area (Å²) in [6.45, 7) is 0. The summed E-state index contributed by atoms with van der Waals surface area (Å²) in [5, 5.41) is 43.7. The molecule has 0 fully saturated rings. The predicted molar refractivity (Wildman–Crippen MR) is 93.5 cm³/mol. The van der Waals surface area contributed by atoms with Crippen LogP contribution in [0, 0.1) is 0 Å². The summed E-state index contributed by atoms with van der Waals surface area (Å²) in [7, 11) is 0. The standard InChI is InChI=1S/C20H14O4/c21-17-9-15(19(23)13-7-3-1-5-11(13)17)16-10-18(22)12-6-2-4-8-14(12)20(16)24/h1-10,21-24H. The number of fused-ring (bicyclic) bond motifs is 2. The van der Waals surface area contributed by atoms with Crippen LogP contribution in [0.2, 0.25) is 0 Å². The van der Waals surface area contributed by atoms with Crippen LogP contribution < -0.4 is 0 Å². The molecule has 0 heterocycles. The number of hydrogen-bond acceptors (Lipinski definition) is 4. The molecule has 0 radical (unpaired) electrons. The van der Waals surface area contributed by atoms with Crippen molar-refractivity contribution in [3.63, 3.8) is 0 Å². The zero-order valence-electron chi connectivity index (χ0n) is 12.6. The van der Waals surface area contributed by atoms with Crippen molar-refractivity contribution >= 4 is 21.5 Å². The molecule has 0 unspecified atom stereocenters. The maximum atomic E-state index is 10.6. The van der Waals surface area contributed by atoms with Crippen LogP contribution >= 0.6 is 0 Å². The van der Waals surface area contributed by atoms with E-state index in [1.165, 1.54) is 12.1 Å². The van der Waals surface area contributed by atoms with Crippen LogP contribution in [0.1, 0.15) is 0 Å². The average molecular weight is 318 g/mol. The van der Waals surface area contributed by atoms with E-state index in [0.717, 1.165) is 0 Å². The van der Waals surface area contributed by atoms with Crippen LogP contribution in [0.5, 0.6) is 23.0 Å². The quantitative estimate of drug-likeness (QED) is 0.390. The average Bonchev–Trinajstić information content (AvgIpc) is 2.61. The molecule has 0 aliphatic carbocycles. The van der Waals surface area contributed by atoms with Gasteiger partial charge in [-0.1, -0.05) is 48.5 Å². The summed E-state index contributed by atoms with van der Waals surface area (Å²) >= 11 is 0. The monoisotopic (exact) mass is 318 g/mol. The number of benzene rings is 4. The highest BCUT2D eigenvalue weighted by molar-refractivity contribution is 6.04. The van der Waals surface area contributed by atoms with Gasteiger partial charge in [0.25, 0.3) is 0 Å². The topological polar surface area (TPSA) is 80.9 Å². The molecule has 118 valence electrons. The van der Waals surface area contributed by atoms with E-state index < -0.39 is 0 Å². The molecule has 0 aliphatic heterocycles. The molecule has 0 atom stereocenters. The zero-order valence-corrected chi connectivity index (χ0v) is 12.6. The summed E-state index contributed by atoms with van der Waals surface area (Å²) < 4.78 is 0. The van der Waals surface area contributed by atoms with Crippen molar-refractivity contribution in [2.75, 3.05) is 0 Å². The smallest absolute Gasteiger partial charge is 0.131 e. The first-order valence-corrected chi connectivity index (χ1v) is 7.45. The molecule has 24 heavy (non-hydrogen) atoms. The van der Waals surface area contributed by atoms with Crippen molar-refractivity contribution < 1.29 is 20.4 Å². The van der Waals surface area contributed by atoms with Crippen LogP contribution in [0.25, 0.3) is 32.7 Å². The SMILES string of the molecule is Oc1cc(-c2cc(O)c3ccccc3c2O)c(O)c2ccccc12. The van der Waals surface area contributed by atoms with Gasteiger partial charge in [0, 0.05) is 32.7 Å². The molecule has 4 aromatic carbocycles. The van der Waals surface area contributed by atoms with Crippen LogP contribution in [0.4, 0.5) is 0 Å². The molecule has 4 N–H and O–H groups in total. The van der Waals surface area contributed by atoms with E-state index in [1.54, 1.807) is 48.5 Å². The molecule has 0 saturated carbocycles. The van der Waals surface area contributed by atoms with E-state index in [2.05, 4.69) is 0 Å². The summed E-state index contributed by atoms with van der Waals surface area (Å²) in [6.07, 6.45) is 0. The third-order valence-corrected chi connectivity index (χ3v) is 4.28. The first-order valence-electron chi connectivity index (χ1n) is 7.45. The largest absolute Gasteiger partial charge is 0.507 e. The van der Waals surface area contributed by atoms with E-state index >= 15 is 0 Å². The summed E-state index contributed by atoms with van der Waals surface area (Å²) in [6, 6.07) is 16.6. The number of rotatable bonds is 1. The third kappa shape index (κ3) is 1.93. The van der Waals surface area contributed by atoms with Crippen LogP contribution in [0.3, 0.4) is 0 Å². The molecular weight excluding hydrogens is 304 g/mol. The molecule has 4 rings (SSSR count).